The highest BCUT2D eigenvalue weighted by molar-refractivity contribution is 5.90. The number of esters is 1. The largest absolute Gasteiger partial charge is 0.460 e. The molecule has 2 amide bonds. The summed E-state index contributed by atoms with van der Waals surface area (Å²) in [5.41, 5.74) is -0.601. The van der Waals surface area contributed by atoms with Gasteiger partial charge in [0.1, 0.15) is 11.6 Å². The maximum absolute atomic E-state index is 13.6. The lowest BCUT2D eigenvalue weighted by molar-refractivity contribution is -0.161. The fourth-order valence-corrected chi connectivity index (χ4v) is 4.02. The van der Waals surface area contributed by atoms with Crippen LogP contribution in [0.5, 0.6) is 0 Å². The van der Waals surface area contributed by atoms with Crippen molar-refractivity contribution in [1.29, 1.82) is 0 Å². The average molecular weight is 472 g/mol. The van der Waals surface area contributed by atoms with Gasteiger partial charge in [0, 0.05) is 14.2 Å². The first-order chi connectivity index (χ1) is 15.1. The maximum Gasteiger partial charge on any atom is 0.309 e. The molecule has 0 bridgehead atoms. The van der Waals surface area contributed by atoms with Gasteiger partial charge in [-0.3, -0.25) is 14.4 Å². The number of methoxy groups -OCH3 is 1. The summed E-state index contributed by atoms with van der Waals surface area (Å²) in [5.74, 6) is -0.742. The fraction of sp³-hybridized carbons (Fsp3) is 0.880. The Morgan fingerprint density at radius 1 is 0.970 bits per heavy atom. The van der Waals surface area contributed by atoms with Crippen LogP contribution in [0.4, 0.5) is 0 Å². The predicted octanol–water partition coefficient (Wildman–Crippen LogP) is 2.99. The molecule has 0 aliphatic rings. The van der Waals surface area contributed by atoms with E-state index >= 15 is 0 Å². The van der Waals surface area contributed by atoms with E-state index in [0.717, 1.165) is 6.42 Å². The van der Waals surface area contributed by atoms with Crippen LogP contribution >= 0.6 is 0 Å². The monoisotopic (exact) mass is 471 g/mol. The van der Waals surface area contributed by atoms with Crippen molar-refractivity contribution in [1.82, 2.24) is 15.5 Å². The Bertz CT molecular complexity index is 630. The summed E-state index contributed by atoms with van der Waals surface area (Å²) in [5, 5.41) is 5.97. The zero-order valence-corrected chi connectivity index (χ0v) is 22.9. The number of nitrogens with zero attached hydrogens (tertiary/aromatic N) is 1. The van der Waals surface area contributed by atoms with Crippen molar-refractivity contribution >= 4 is 17.8 Å². The molecule has 33 heavy (non-hydrogen) atoms. The Balaban J connectivity index is 5.83. The minimum atomic E-state index is -0.692. The maximum atomic E-state index is 13.6. The van der Waals surface area contributed by atoms with Crippen molar-refractivity contribution in [2.75, 3.05) is 21.2 Å². The van der Waals surface area contributed by atoms with E-state index < -0.39 is 23.8 Å². The molecule has 0 aliphatic heterocycles. The molecule has 0 heterocycles. The summed E-state index contributed by atoms with van der Waals surface area (Å²) in [6.07, 6.45) is 0.298. The van der Waals surface area contributed by atoms with E-state index in [-0.39, 0.29) is 48.0 Å². The summed E-state index contributed by atoms with van der Waals surface area (Å²) in [6, 6.07) is -1.44. The third-order valence-corrected chi connectivity index (χ3v) is 5.98. The summed E-state index contributed by atoms with van der Waals surface area (Å²) in [7, 11) is 5.01. The molecule has 8 heteroatoms. The molecule has 0 aliphatic carbocycles. The number of likely N-dealkylation sites (N-methyl/N-ethyl adjacent to an activating group) is 2. The smallest absolute Gasteiger partial charge is 0.309 e. The molecule has 0 aromatic heterocycles. The number of carbonyl (C=O) groups excluding carboxylic acids is 3. The molecule has 0 fully saturated rings. The Morgan fingerprint density at radius 2 is 1.48 bits per heavy atom. The number of rotatable bonds is 13. The second kappa shape index (κ2) is 13.9. The second-order valence-electron chi connectivity index (χ2n) is 10.6. The lowest BCUT2D eigenvalue weighted by Gasteiger charge is -2.40. The zero-order chi connectivity index (χ0) is 26.1. The van der Waals surface area contributed by atoms with Crippen LogP contribution in [0.2, 0.25) is 0 Å². The van der Waals surface area contributed by atoms with Gasteiger partial charge in [-0.25, -0.2) is 0 Å². The summed E-state index contributed by atoms with van der Waals surface area (Å²) in [4.78, 5) is 40.6. The summed E-state index contributed by atoms with van der Waals surface area (Å²) >= 11 is 0. The highest BCUT2D eigenvalue weighted by Crippen LogP contribution is 2.24. The number of hydrogen-bond acceptors (Lipinski definition) is 6. The van der Waals surface area contributed by atoms with Gasteiger partial charge in [-0.05, 0) is 45.6 Å². The first kappa shape index (κ1) is 31.3. The molecule has 8 nitrogen and oxygen atoms in total. The van der Waals surface area contributed by atoms with Gasteiger partial charge in [0.2, 0.25) is 11.8 Å². The van der Waals surface area contributed by atoms with Gasteiger partial charge in [0.15, 0.2) is 0 Å². The van der Waals surface area contributed by atoms with Crippen LogP contribution in [-0.4, -0.2) is 73.7 Å². The van der Waals surface area contributed by atoms with Gasteiger partial charge >= 0.3 is 5.97 Å². The molecular weight excluding hydrogens is 422 g/mol. The molecule has 0 rings (SSSR count). The van der Waals surface area contributed by atoms with Crippen LogP contribution < -0.4 is 10.6 Å². The molecule has 0 spiro atoms. The van der Waals surface area contributed by atoms with Crippen LogP contribution in [-0.2, 0) is 23.9 Å². The second-order valence-corrected chi connectivity index (χ2v) is 10.6. The molecule has 194 valence electrons. The summed E-state index contributed by atoms with van der Waals surface area (Å²) < 4.78 is 11.2. The van der Waals surface area contributed by atoms with E-state index in [9.17, 15) is 14.4 Å². The molecule has 0 saturated carbocycles. The van der Waals surface area contributed by atoms with Gasteiger partial charge < -0.3 is 25.0 Å². The lowest BCUT2D eigenvalue weighted by atomic mass is 9.90. The third-order valence-electron chi connectivity index (χ3n) is 5.98. The topological polar surface area (TPSA) is 97.0 Å². The van der Waals surface area contributed by atoms with Gasteiger partial charge in [0.25, 0.3) is 0 Å². The highest BCUT2D eigenvalue weighted by atomic mass is 16.6. The molecular formula is C25H49N3O5. The van der Waals surface area contributed by atoms with Gasteiger partial charge in [-0.15, -0.1) is 0 Å². The molecule has 0 saturated heterocycles. The quantitative estimate of drug-likeness (QED) is 0.401. The van der Waals surface area contributed by atoms with E-state index in [0.29, 0.717) is 0 Å². The summed E-state index contributed by atoms with van der Waals surface area (Å²) in [6.45, 7) is 17.3. The molecule has 2 N–H and O–H groups in total. The molecule has 0 aromatic rings. The molecule has 5 atom stereocenters. The molecule has 1 unspecified atom stereocenters. The Hall–Kier alpha value is -1.67. The number of carbonyl (C=O) groups is 3. The first-order valence-electron chi connectivity index (χ1n) is 12.1. The number of amides is 2. The van der Waals surface area contributed by atoms with Crippen molar-refractivity contribution in [3.63, 3.8) is 0 Å². The Kier molecular flexibility index (Phi) is 13.2. The normalized spacial score (nSPS) is 16.7. The SMILES string of the molecule is CC[C@H](C)[C@@H]([C@@H](CC(=O)OC(C)(C)C)OC)N(C)C(=O)[C@@H](NC(=O)C(NC)C(C)C)C(C)C. The van der Waals surface area contributed by atoms with E-state index in [4.69, 9.17) is 9.47 Å². The first-order valence-corrected chi connectivity index (χ1v) is 12.1. The van der Waals surface area contributed by atoms with Gasteiger partial charge in [-0.2, -0.15) is 0 Å². The van der Waals surface area contributed by atoms with Crippen LogP contribution in [0.25, 0.3) is 0 Å². The standard InChI is InChI=1S/C25H49N3O5/c1-13-17(6)22(18(32-12)14-19(29)33-25(7,8)9)28(11)24(31)21(16(4)5)27-23(30)20(26-10)15(2)3/h15-18,20-22,26H,13-14H2,1-12H3,(H,27,30)/t17-,18+,20?,21-,22-/m0/s1. The zero-order valence-electron chi connectivity index (χ0n) is 22.9. The highest BCUT2D eigenvalue weighted by Gasteiger charge is 2.38. The fourth-order valence-electron chi connectivity index (χ4n) is 4.02. The average Bonchev–Trinajstić information content (AvgIpc) is 2.68. The van der Waals surface area contributed by atoms with Crippen LogP contribution in [0.3, 0.4) is 0 Å². The van der Waals surface area contributed by atoms with Crippen LogP contribution in [0, 0.1) is 17.8 Å². The number of ether oxygens (including phenoxy) is 2. The Morgan fingerprint density at radius 3 is 1.85 bits per heavy atom. The van der Waals surface area contributed by atoms with E-state index in [2.05, 4.69) is 10.6 Å². The van der Waals surface area contributed by atoms with E-state index in [1.807, 2.05) is 62.3 Å². The van der Waals surface area contributed by atoms with Crippen molar-refractivity contribution < 1.29 is 23.9 Å². The Labute approximate surface area is 201 Å². The molecule has 0 radical (unpaired) electrons. The van der Waals surface area contributed by atoms with Gasteiger partial charge in [0.05, 0.1) is 24.6 Å². The number of nitrogens with one attached hydrogen (secondary N) is 2. The number of hydrogen-bond donors (Lipinski definition) is 2. The van der Waals surface area contributed by atoms with Crippen molar-refractivity contribution in [2.24, 2.45) is 17.8 Å². The van der Waals surface area contributed by atoms with E-state index in [1.54, 1.807) is 26.1 Å². The van der Waals surface area contributed by atoms with Crippen molar-refractivity contribution in [3.05, 3.63) is 0 Å². The van der Waals surface area contributed by atoms with Crippen LogP contribution in [0.1, 0.15) is 75.2 Å². The predicted molar refractivity (Wildman–Crippen MR) is 132 cm³/mol. The van der Waals surface area contributed by atoms with Crippen LogP contribution in [0.15, 0.2) is 0 Å². The van der Waals surface area contributed by atoms with Crippen molar-refractivity contribution in [3.8, 4) is 0 Å². The van der Waals surface area contributed by atoms with E-state index in [1.165, 1.54) is 0 Å². The molecule has 0 aromatic carbocycles. The lowest BCUT2D eigenvalue weighted by Crippen LogP contribution is -2.59. The minimum Gasteiger partial charge on any atom is -0.460 e. The third kappa shape index (κ3) is 10.0. The minimum absolute atomic E-state index is 0.0360. The van der Waals surface area contributed by atoms with Gasteiger partial charge in [-0.1, -0.05) is 48.0 Å². The van der Waals surface area contributed by atoms with Crippen molar-refractivity contribution in [2.45, 2.75) is 105 Å².